The van der Waals surface area contributed by atoms with Gasteiger partial charge in [-0.2, -0.15) is 0 Å². The van der Waals surface area contributed by atoms with Crippen LogP contribution in [-0.4, -0.2) is 21.0 Å². The van der Waals surface area contributed by atoms with Gasteiger partial charge in [-0.1, -0.05) is 49.4 Å². The summed E-state index contributed by atoms with van der Waals surface area (Å²) in [6, 6.07) is 6.52. The number of fused-ring (bicyclic) bond motifs is 1. The summed E-state index contributed by atoms with van der Waals surface area (Å²) in [7, 11) is 0. The van der Waals surface area contributed by atoms with Crippen LogP contribution in [0.2, 0.25) is 5.02 Å². The maximum absolute atomic E-state index is 11.7. The maximum Gasteiger partial charge on any atom is 0.150 e. The Morgan fingerprint density at radius 3 is 2.59 bits per heavy atom. The molecule has 0 saturated heterocycles. The Bertz CT molecular complexity index is 1460. The van der Waals surface area contributed by atoms with Crippen LogP contribution < -0.4 is 0 Å². The predicted molar refractivity (Wildman–Crippen MR) is 148 cm³/mol. The second-order valence-corrected chi connectivity index (χ2v) is 11.5. The Labute approximate surface area is 223 Å². The fourth-order valence-corrected chi connectivity index (χ4v) is 6.57. The second kappa shape index (κ2) is 9.75. The minimum Gasteiger partial charge on any atom is -0.361 e. The number of rotatable bonds is 9. The summed E-state index contributed by atoms with van der Waals surface area (Å²) >= 11 is 6.99. The molecule has 3 heterocycles. The number of benzene rings is 1. The lowest BCUT2D eigenvalue weighted by atomic mass is 9.79. The first-order valence-corrected chi connectivity index (χ1v) is 14.1. The van der Waals surface area contributed by atoms with Gasteiger partial charge in [0, 0.05) is 56.7 Å². The van der Waals surface area contributed by atoms with E-state index in [0.29, 0.717) is 28.5 Å². The first kappa shape index (κ1) is 24.4. The molecule has 5 nitrogen and oxygen atoms in total. The molecule has 2 aliphatic rings. The lowest BCUT2D eigenvalue weighted by molar-refractivity contribution is 0.112. The van der Waals surface area contributed by atoms with Crippen LogP contribution in [0.4, 0.5) is 0 Å². The monoisotopic (exact) mass is 515 g/mol. The SMILES string of the molecule is CCCC(C1CC1)n1cc(-c2c(Cl)cc(C=O)cc2CC2CCC2)c2cc(-c3c(C)noc3C)cnc21. The first-order chi connectivity index (χ1) is 18.0. The Balaban J connectivity index is 1.60. The van der Waals surface area contributed by atoms with Crippen LogP contribution in [0.1, 0.15) is 85.3 Å². The number of pyridine rings is 1. The quantitative estimate of drug-likeness (QED) is 0.209. The highest BCUT2D eigenvalue weighted by Crippen LogP contribution is 2.47. The van der Waals surface area contributed by atoms with Crippen LogP contribution in [-0.2, 0) is 6.42 Å². The third-order valence-corrected chi connectivity index (χ3v) is 8.73. The van der Waals surface area contributed by atoms with Crippen LogP contribution in [0.15, 0.2) is 35.1 Å². The van der Waals surface area contributed by atoms with E-state index in [-0.39, 0.29) is 0 Å². The molecule has 0 bridgehead atoms. The lowest BCUT2D eigenvalue weighted by Crippen LogP contribution is -2.14. The largest absolute Gasteiger partial charge is 0.361 e. The highest BCUT2D eigenvalue weighted by molar-refractivity contribution is 6.34. The molecule has 2 fully saturated rings. The third-order valence-electron chi connectivity index (χ3n) is 8.43. The molecule has 6 rings (SSSR count). The molecule has 3 aromatic heterocycles. The fourth-order valence-electron chi connectivity index (χ4n) is 6.22. The van der Waals surface area contributed by atoms with Gasteiger partial charge >= 0.3 is 0 Å². The molecule has 0 spiro atoms. The van der Waals surface area contributed by atoms with Gasteiger partial charge in [0.25, 0.3) is 0 Å². The van der Waals surface area contributed by atoms with E-state index in [1.165, 1.54) is 37.7 Å². The van der Waals surface area contributed by atoms with Gasteiger partial charge in [-0.3, -0.25) is 4.79 Å². The van der Waals surface area contributed by atoms with Crippen LogP contribution in [0, 0.1) is 25.7 Å². The summed E-state index contributed by atoms with van der Waals surface area (Å²) < 4.78 is 7.90. The molecule has 2 saturated carbocycles. The third kappa shape index (κ3) is 4.41. The normalized spacial score (nSPS) is 16.8. The van der Waals surface area contributed by atoms with Crippen molar-refractivity contribution in [3.63, 3.8) is 0 Å². The number of halogens is 1. The number of carbonyl (C=O) groups is 1. The van der Waals surface area contributed by atoms with Crippen molar-refractivity contribution in [3.05, 3.63) is 58.2 Å². The molecular weight excluding hydrogens is 482 g/mol. The molecule has 0 radical (unpaired) electrons. The number of nitrogens with zero attached hydrogens (tertiary/aromatic N) is 3. The van der Waals surface area contributed by atoms with Crippen LogP contribution >= 0.6 is 11.6 Å². The minimum absolute atomic E-state index is 0.432. The summed E-state index contributed by atoms with van der Waals surface area (Å²) in [6.07, 6.45) is 14.7. The van der Waals surface area contributed by atoms with E-state index >= 15 is 0 Å². The molecule has 4 aromatic rings. The molecular formula is C31H34ClN3O2. The summed E-state index contributed by atoms with van der Waals surface area (Å²) in [5.41, 5.74) is 7.82. The van der Waals surface area contributed by atoms with Gasteiger partial charge in [0.15, 0.2) is 0 Å². The van der Waals surface area contributed by atoms with Gasteiger partial charge in [0.05, 0.1) is 5.69 Å². The van der Waals surface area contributed by atoms with Crippen molar-refractivity contribution in [2.75, 3.05) is 0 Å². The van der Waals surface area contributed by atoms with Crippen molar-refractivity contribution < 1.29 is 9.32 Å². The van der Waals surface area contributed by atoms with Crippen molar-refractivity contribution in [1.82, 2.24) is 14.7 Å². The number of hydrogen-bond donors (Lipinski definition) is 0. The smallest absolute Gasteiger partial charge is 0.150 e. The molecule has 192 valence electrons. The van der Waals surface area contributed by atoms with Gasteiger partial charge in [-0.15, -0.1) is 0 Å². The zero-order valence-electron chi connectivity index (χ0n) is 21.9. The highest BCUT2D eigenvalue weighted by Gasteiger charge is 2.34. The van der Waals surface area contributed by atoms with Gasteiger partial charge in [-0.25, -0.2) is 4.98 Å². The molecule has 0 amide bonds. The molecule has 0 aliphatic heterocycles. The van der Waals surface area contributed by atoms with Crippen molar-refractivity contribution >= 4 is 28.9 Å². The average molecular weight is 516 g/mol. The number of aryl methyl sites for hydroxylation is 2. The Kier molecular flexibility index (Phi) is 6.44. The van der Waals surface area contributed by atoms with Gasteiger partial charge < -0.3 is 9.09 Å². The van der Waals surface area contributed by atoms with Crippen LogP contribution in [0.5, 0.6) is 0 Å². The lowest BCUT2D eigenvalue weighted by Gasteiger charge is -2.26. The van der Waals surface area contributed by atoms with Crippen LogP contribution in [0.25, 0.3) is 33.3 Å². The number of carbonyl (C=O) groups excluding carboxylic acids is 1. The van der Waals surface area contributed by atoms with Crippen molar-refractivity contribution in [2.45, 2.75) is 78.2 Å². The summed E-state index contributed by atoms with van der Waals surface area (Å²) in [4.78, 5) is 16.8. The molecule has 6 heteroatoms. The Hall–Kier alpha value is -2.92. The Morgan fingerprint density at radius 1 is 1.16 bits per heavy atom. The van der Waals surface area contributed by atoms with Gasteiger partial charge in [0.1, 0.15) is 17.7 Å². The van der Waals surface area contributed by atoms with E-state index in [2.05, 4.69) is 28.9 Å². The predicted octanol–water partition coefficient (Wildman–Crippen LogP) is 8.53. The second-order valence-electron chi connectivity index (χ2n) is 11.1. The Morgan fingerprint density at radius 2 is 1.97 bits per heavy atom. The van der Waals surface area contributed by atoms with E-state index in [9.17, 15) is 4.79 Å². The van der Waals surface area contributed by atoms with Gasteiger partial charge in [-0.05, 0) is 75.1 Å². The fraction of sp³-hybridized carbons (Fsp3) is 0.452. The molecule has 1 atom stereocenters. The molecule has 0 N–H and O–H groups in total. The number of aldehydes is 1. The molecule has 37 heavy (non-hydrogen) atoms. The molecule has 2 aliphatic carbocycles. The first-order valence-electron chi connectivity index (χ1n) is 13.7. The minimum atomic E-state index is 0.432. The summed E-state index contributed by atoms with van der Waals surface area (Å²) in [6.45, 7) is 6.18. The summed E-state index contributed by atoms with van der Waals surface area (Å²) in [5, 5.41) is 5.91. The number of hydrogen-bond acceptors (Lipinski definition) is 4. The highest BCUT2D eigenvalue weighted by atomic mass is 35.5. The van der Waals surface area contributed by atoms with Crippen molar-refractivity contribution in [2.24, 2.45) is 11.8 Å². The maximum atomic E-state index is 11.7. The van der Waals surface area contributed by atoms with Crippen molar-refractivity contribution in [1.29, 1.82) is 0 Å². The number of aromatic nitrogens is 3. The average Bonchev–Trinajstić information content (AvgIpc) is 3.56. The van der Waals surface area contributed by atoms with E-state index < -0.39 is 0 Å². The van der Waals surface area contributed by atoms with E-state index in [0.717, 1.165) is 70.3 Å². The standard InChI is InChI=1S/C31H34ClN3O2/c1-4-6-28(22-9-10-22)35-16-26(25-14-24(15-33-31(25)35)29-18(2)34-37-19(29)3)30-23(11-20-7-5-8-20)12-21(17-36)13-27(30)32/h12-17,20,22,28H,4-11H2,1-3H3. The van der Waals surface area contributed by atoms with Gasteiger partial charge in [0.2, 0.25) is 0 Å². The molecule has 1 aromatic carbocycles. The van der Waals surface area contributed by atoms with Crippen molar-refractivity contribution in [3.8, 4) is 22.3 Å². The zero-order valence-corrected chi connectivity index (χ0v) is 22.6. The van der Waals surface area contributed by atoms with E-state index in [1.807, 2.05) is 32.2 Å². The van der Waals surface area contributed by atoms with Crippen LogP contribution in [0.3, 0.4) is 0 Å². The zero-order chi connectivity index (χ0) is 25.7. The van der Waals surface area contributed by atoms with E-state index in [1.54, 1.807) is 0 Å². The summed E-state index contributed by atoms with van der Waals surface area (Å²) in [5.74, 6) is 2.15. The molecule has 1 unspecified atom stereocenters. The topological polar surface area (TPSA) is 60.9 Å². The van der Waals surface area contributed by atoms with E-state index in [4.69, 9.17) is 21.1 Å².